The van der Waals surface area contributed by atoms with Crippen LogP contribution < -0.4 is 16.4 Å². The van der Waals surface area contributed by atoms with Crippen LogP contribution in [0, 0.1) is 0 Å². The fourth-order valence-corrected chi connectivity index (χ4v) is 2.16. The molecule has 1 aromatic carbocycles. The van der Waals surface area contributed by atoms with Gasteiger partial charge in [-0.1, -0.05) is 0 Å². The maximum Gasteiger partial charge on any atom is 0.251 e. The minimum Gasteiger partial charge on any atom is -0.347 e. The molecular formula is C16H23N3O2. The van der Waals surface area contributed by atoms with E-state index in [1.54, 1.807) is 24.3 Å². The molecule has 0 atom stereocenters. The zero-order valence-corrected chi connectivity index (χ0v) is 12.8. The Morgan fingerprint density at radius 2 is 1.71 bits per heavy atom. The van der Waals surface area contributed by atoms with Gasteiger partial charge in [-0.15, -0.1) is 0 Å². The van der Waals surface area contributed by atoms with Gasteiger partial charge in [-0.05, 0) is 64.3 Å². The highest BCUT2D eigenvalue weighted by Crippen LogP contribution is 2.30. The number of anilines is 1. The summed E-state index contributed by atoms with van der Waals surface area (Å²) in [6.45, 7) is 5.79. The minimum absolute atomic E-state index is 0.130. The Morgan fingerprint density at radius 3 is 2.14 bits per heavy atom. The van der Waals surface area contributed by atoms with E-state index in [0.29, 0.717) is 11.3 Å². The predicted octanol–water partition coefficient (Wildman–Crippen LogP) is 2.03. The van der Waals surface area contributed by atoms with Gasteiger partial charge in [0.1, 0.15) is 0 Å². The summed E-state index contributed by atoms with van der Waals surface area (Å²) in [6, 6.07) is 6.83. The van der Waals surface area contributed by atoms with Crippen LogP contribution >= 0.6 is 0 Å². The maximum absolute atomic E-state index is 12.0. The lowest BCUT2D eigenvalue weighted by molar-refractivity contribution is -0.123. The van der Waals surface area contributed by atoms with Crippen molar-refractivity contribution in [3.63, 3.8) is 0 Å². The molecule has 0 radical (unpaired) electrons. The molecule has 21 heavy (non-hydrogen) atoms. The zero-order valence-electron chi connectivity index (χ0n) is 12.8. The van der Waals surface area contributed by atoms with Crippen molar-refractivity contribution in [3.8, 4) is 0 Å². The summed E-state index contributed by atoms with van der Waals surface area (Å²) in [6.07, 6.45) is 2.45. The van der Waals surface area contributed by atoms with Crippen LogP contribution in [0.15, 0.2) is 24.3 Å². The van der Waals surface area contributed by atoms with Gasteiger partial charge >= 0.3 is 0 Å². The molecule has 0 bridgehead atoms. The average Bonchev–Trinajstić information content (AvgIpc) is 2.34. The Bertz CT molecular complexity index is 540. The van der Waals surface area contributed by atoms with E-state index in [1.807, 2.05) is 20.8 Å². The summed E-state index contributed by atoms with van der Waals surface area (Å²) in [4.78, 5) is 24.0. The maximum atomic E-state index is 12.0. The van der Waals surface area contributed by atoms with Crippen LogP contribution in [-0.4, -0.2) is 22.9 Å². The summed E-state index contributed by atoms with van der Waals surface area (Å²) in [7, 11) is 0. The molecule has 1 saturated carbocycles. The Labute approximate surface area is 125 Å². The molecule has 0 spiro atoms. The molecule has 4 N–H and O–H groups in total. The molecule has 1 aliphatic rings. The summed E-state index contributed by atoms with van der Waals surface area (Å²) in [5.41, 5.74) is 6.19. The lowest BCUT2D eigenvalue weighted by Gasteiger charge is -2.36. The smallest absolute Gasteiger partial charge is 0.251 e. The molecule has 0 aromatic heterocycles. The molecule has 5 nitrogen and oxygen atoms in total. The van der Waals surface area contributed by atoms with Gasteiger partial charge in [0.2, 0.25) is 5.91 Å². The first-order valence-electron chi connectivity index (χ1n) is 7.23. The highest BCUT2D eigenvalue weighted by Gasteiger charge is 2.40. The van der Waals surface area contributed by atoms with E-state index in [1.165, 1.54) is 0 Å². The first kappa shape index (κ1) is 15.5. The normalized spacial score (nSPS) is 16.8. The number of hydrogen-bond acceptors (Lipinski definition) is 3. The van der Waals surface area contributed by atoms with Crippen molar-refractivity contribution in [2.75, 3.05) is 5.32 Å². The monoisotopic (exact) mass is 289 g/mol. The SMILES string of the molecule is CC(C)(C)NC(=O)c1ccc(NC(=O)C2(N)CCC2)cc1. The lowest BCUT2D eigenvalue weighted by Crippen LogP contribution is -2.56. The second kappa shape index (κ2) is 5.48. The van der Waals surface area contributed by atoms with E-state index in [2.05, 4.69) is 10.6 Å². The van der Waals surface area contributed by atoms with Gasteiger partial charge < -0.3 is 16.4 Å². The van der Waals surface area contributed by atoms with Crippen LogP contribution in [0.2, 0.25) is 0 Å². The number of carbonyl (C=O) groups excluding carboxylic acids is 2. The quantitative estimate of drug-likeness (QED) is 0.796. The second-order valence-electron chi connectivity index (χ2n) is 6.75. The number of nitrogens with one attached hydrogen (secondary N) is 2. The highest BCUT2D eigenvalue weighted by atomic mass is 16.2. The van der Waals surface area contributed by atoms with Crippen molar-refractivity contribution in [1.82, 2.24) is 5.32 Å². The third kappa shape index (κ3) is 3.82. The van der Waals surface area contributed by atoms with E-state index in [4.69, 9.17) is 5.73 Å². The zero-order chi connectivity index (χ0) is 15.7. The Morgan fingerprint density at radius 1 is 1.14 bits per heavy atom. The standard InChI is InChI=1S/C16H23N3O2/c1-15(2,3)19-13(20)11-5-7-12(8-6-11)18-14(21)16(17)9-4-10-16/h5-8H,4,9-10,17H2,1-3H3,(H,18,21)(H,19,20). The molecule has 2 amide bonds. The molecule has 0 saturated heterocycles. The van der Waals surface area contributed by atoms with Crippen LogP contribution in [0.3, 0.4) is 0 Å². The first-order valence-corrected chi connectivity index (χ1v) is 7.23. The molecule has 0 aliphatic heterocycles. The molecule has 0 unspecified atom stereocenters. The van der Waals surface area contributed by atoms with E-state index < -0.39 is 5.54 Å². The van der Waals surface area contributed by atoms with Crippen LogP contribution in [0.1, 0.15) is 50.4 Å². The largest absolute Gasteiger partial charge is 0.347 e. The molecule has 2 rings (SSSR count). The second-order valence-corrected chi connectivity index (χ2v) is 6.75. The van der Waals surface area contributed by atoms with Gasteiger partial charge in [0.25, 0.3) is 5.91 Å². The van der Waals surface area contributed by atoms with E-state index in [9.17, 15) is 9.59 Å². The Kier molecular flexibility index (Phi) is 4.05. The number of rotatable bonds is 3. The van der Waals surface area contributed by atoms with Crippen molar-refractivity contribution < 1.29 is 9.59 Å². The summed E-state index contributed by atoms with van der Waals surface area (Å²) in [5.74, 6) is -0.282. The van der Waals surface area contributed by atoms with Gasteiger partial charge in [-0.2, -0.15) is 0 Å². The van der Waals surface area contributed by atoms with Gasteiger partial charge in [-0.3, -0.25) is 9.59 Å². The molecular weight excluding hydrogens is 266 g/mol. The fraction of sp³-hybridized carbons (Fsp3) is 0.500. The average molecular weight is 289 g/mol. The number of benzene rings is 1. The molecule has 0 heterocycles. The molecule has 1 aromatic rings. The molecule has 114 valence electrons. The van der Waals surface area contributed by atoms with Crippen LogP contribution in [-0.2, 0) is 4.79 Å². The Hall–Kier alpha value is -1.88. The van der Waals surface area contributed by atoms with Gasteiger partial charge in [0.15, 0.2) is 0 Å². The van der Waals surface area contributed by atoms with Gasteiger partial charge in [0.05, 0.1) is 5.54 Å². The summed E-state index contributed by atoms with van der Waals surface area (Å²) < 4.78 is 0. The number of nitrogens with two attached hydrogens (primary N) is 1. The number of carbonyl (C=O) groups is 2. The van der Waals surface area contributed by atoms with E-state index >= 15 is 0 Å². The van der Waals surface area contributed by atoms with Gasteiger partial charge in [-0.25, -0.2) is 0 Å². The third-order valence-corrected chi connectivity index (χ3v) is 3.59. The number of amides is 2. The van der Waals surface area contributed by atoms with Crippen LogP contribution in [0.4, 0.5) is 5.69 Å². The van der Waals surface area contributed by atoms with E-state index in [-0.39, 0.29) is 17.4 Å². The van der Waals surface area contributed by atoms with Crippen molar-refractivity contribution in [2.24, 2.45) is 5.73 Å². The molecule has 5 heteroatoms. The van der Waals surface area contributed by atoms with Crippen molar-refractivity contribution >= 4 is 17.5 Å². The fourth-order valence-electron chi connectivity index (χ4n) is 2.16. The Balaban J connectivity index is 1.99. The van der Waals surface area contributed by atoms with E-state index in [0.717, 1.165) is 19.3 Å². The van der Waals surface area contributed by atoms with Crippen molar-refractivity contribution in [3.05, 3.63) is 29.8 Å². The number of hydrogen-bond donors (Lipinski definition) is 3. The summed E-state index contributed by atoms with van der Waals surface area (Å²) >= 11 is 0. The van der Waals surface area contributed by atoms with Crippen molar-refractivity contribution in [2.45, 2.75) is 51.1 Å². The van der Waals surface area contributed by atoms with Crippen LogP contribution in [0.5, 0.6) is 0 Å². The third-order valence-electron chi connectivity index (χ3n) is 3.59. The first-order chi connectivity index (χ1) is 9.70. The van der Waals surface area contributed by atoms with Crippen molar-refractivity contribution in [1.29, 1.82) is 0 Å². The van der Waals surface area contributed by atoms with Crippen LogP contribution in [0.25, 0.3) is 0 Å². The molecule has 1 aliphatic carbocycles. The highest BCUT2D eigenvalue weighted by molar-refractivity contribution is 5.99. The molecule has 1 fully saturated rings. The summed E-state index contributed by atoms with van der Waals surface area (Å²) in [5, 5.41) is 5.70. The minimum atomic E-state index is -0.720. The predicted molar refractivity (Wildman–Crippen MR) is 83.1 cm³/mol. The topological polar surface area (TPSA) is 84.2 Å². The van der Waals surface area contributed by atoms with Gasteiger partial charge in [0, 0.05) is 16.8 Å². The lowest BCUT2D eigenvalue weighted by atomic mass is 9.77.